The number of aliphatic hydroxyl groups excluding tert-OH is 3. The molecule has 0 saturated carbocycles. The first-order valence-corrected chi connectivity index (χ1v) is 6.96. The molecule has 3 aliphatic heterocycles. The SMILES string of the molecule is O=C1OC2C(OC(O)(CO)[C@H](O)[C@H]2O)c2cc3c(cc21)OCO3. The zero-order chi connectivity index (χ0) is 16.4. The van der Waals surface area contributed by atoms with Crippen LogP contribution in [0, 0.1) is 0 Å². The molecule has 4 N–H and O–H groups in total. The maximum atomic E-state index is 12.1. The van der Waals surface area contributed by atoms with Crippen LogP contribution in [0.2, 0.25) is 0 Å². The van der Waals surface area contributed by atoms with E-state index >= 15 is 0 Å². The van der Waals surface area contributed by atoms with Crippen LogP contribution in [0.5, 0.6) is 11.5 Å². The van der Waals surface area contributed by atoms with Crippen LogP contribution in [0.4, 0.5) is 0 Å². The number of carbonyl (C=O) groups excluding carboxylic acids is 1. The van der Waals surface area contributed by atoms with Crippen molar-refractivity contribution in [2.24, 2.45) is 0 Å². The monoisotopic (exact) mass is 326 g/mol. The molecular weight excluding hydrogens is 312 g/mol. The topological polar surface area (TPSA) is 135 Å². The average Bonchev–Trinajstić information content (AvgIpc) is 3.00. The Morgan fingerprint density at radius 2 is 1.91 bits per heavy atom. The van der Waals surface area contributed by atoms with Gasteiger partial charge >= 0.3 is 5.97 Å². The van der Waals surface area contributed by atoms with Gasteiger partial charge in [0.25, 0.3) is 0 Å². The van der Waals surface area contributed by atoms with Crippen molar-refractivity contribution in [1.82, 2.24) is 0 Å². The number of carbonyl (C=O) groups is 1. The van der Waals surface area contributed by atoms with E-state index in [-0.39, 0.29) is 12.4 Å². The molecule has 124 valence electrons. The van der Waals surface area contributed by atoms with Gasteiger partial charge in [-0.2, -0.15) is 0 Å². The standard InChI is InChI=1S/C14H14O9/c15-3-14(19)12(17)9(16)11-10(23-14)5-1-7-8(21-4-20-7)2-6(5)13(18)22-11/h1-2,9-12,15-17,19H,3-4H2/t9-,10?,11?,12+,14?/m0/s1. The van der Waals surface area contributed by atoms with Crippen LogP contribution in [0.1, 0.15) is 22.0 Å². The first-order valence-electron chi connectivity index (χ1n) is 6.96. The maximum Gasteiger partial charge on any atom is 0.339 e. The lowest BCUT2D eigenvalue weighted by Gasteiger charge is -2.48. The number of benzene rings is 1. The minimum absolute atomic E-state index is 0.00411. The summed E-state index contributed by atoms with van der Waals surface area (Å²) in [6.45, 7) is -0.938. The summed E-state index contributed by atoms with van der Waals surface area (Å²) in [6.07, 6.45) is -5.77. The van der Waals surface area contributed by atoms with Crippen molar-refractivity contribution in [1.29, 1.82) is 0 Å². The molecule has 0 spiro atoms. The lowest BCUT2D eigenvalue weighted by Crippen LogP contribution is -2.65. The fraction of sp³-hybridized carbons (Fsp3) is 0.500. The molecule has 4 rings (SSSR count). The van der Waals surface area contributed by atoms with Gasteiger partial charge in [0, 0.05) is 5.56 Å². The van der Waals surface area contributed by atoms with Gasteiger partial charge in [0.2, 0.25) is 12.6 Å². The summed E-state index contributed by atoms with van der Waals surface area (Å²) in [7, 11) is 0. The fourth-order valence-electron chi connectivity index (χ4n) is 3.04. The third-order valence-corrected chi connectivity index (χ3v) is 4.29. The highest BCUT2D eigenvalue weighted by molar-refractivity contribution is 5.93. The van der Waals surface area contributed by atoms with E-state index < -0.39 is 42.8 Å². The van der Waals surface area contributed by atoms with Crippen LogP contribution in [0.25, 0.3) is 0 Å². The largest absolute Gasteiger partial charge is 0.454 e. The van der Waals surface area contributed by atoms with Gasteiger partial charge in [0.1, 0.15) is 18.3 Å². The van der Waals surface area contributed by atoms with E-state index in [0.29, 0.717) is 17.1 Å². The molecule has 1 aromatic carbocycles. The zero-order valence-electron chi connectivity index (χ0n) is 11.7. The number of aliphatic hydroxyl groups is 4. The van der Waals surface area contributed by atoms with Crippen molar-refractivity contribution in [2.75, 3.05) is 13.4 Å². The number of hydrogen-bond acceptors (Lipinski definition) is 9. The minimum atomic E-state index is -2.38. The average molecular weight is 326 g/mol. The quantitative estimate of drug-likeness (QED) is 0.451. The van der Waals surface area contributed by atoms with E-state index in [1.165, 1.54) is 12.1 Å². The third kappa shape index (κ3) is 1.95. The Morgan fingerprint density at radius 1 is 1.22 bits per heavy atom. The van der Waals surface area contributed by atoms with Crippen LogP contribution < -0.4 is 9.47 Å². The number of hydrogen-bond donors (Lipinski definition) is 4. The lowest BCUT2D eigenvalue weighted by atomic mass is 9.85. The van der Waals surface area contributed by atoms with Crippen molar-refractivity contribution >= 4 is 5.97 Å². The second kappa shape index (κ2) is 4.79. The second-order valence-corrected chi connectivity index (χ2v) is 5.64. The first-order chi connectivity index (χ1) is 10.9. The Kier molecular flexibility index (Phi) is 3.06. The molecular formula is C14H14O9. The molecule has 9 heteroatoms. The van der Waals surface area contributed by atoms with Gasteiger partial charge in [0.05, 0.1) is 12.2 Å². The summed E-state index contributed by atoms with van der Waals surface area (Å²) in [5, 5.41) is 39.5. The van der Waals surface area contributed by atoms with Crippen molar-refractivity contribution in [3.05, 3.63) is 23.3 Å². The van der Waals surface area contributed by atoms with Gasteiger partial charge in [-0.1, -0.05) is 0 Å². The van der Waals surface area contributed by atoms with Gasteiger partial charge < -0.3 is 39.4 Å². The highest BCUT2D eigenvalue weighted by Gasteiger charge is 2.57. The zero-order valence-corrected chi connectivity index (χ0v) is 11.7. The molecule has 0 amide bonds. The van der Waals surface area contributed by atoms with Crippen molar-refractivity contribution in [3.8, 4) is 11.5 Å². The third-order valence-electron chi connectivity index (χ3n) is 4.29. The van der Waals surface area contributed by atoms with E-state index in [2.05, 4.69) is 0 Å². The van der Waals surface area contributed by atoms with Gasteiger partial charge in [-0.05, 0) is 12.1 Å². The van der Waals surface area contributed by atoms with E-state index in [9.17, 15) is 25.2 Å². The summed E-state index contributed by atoms with van der Waals surface area (Å²) in [4.78, 5) is 12.1. The Morgan fingerprint density at radius 3 is 2.61 bits per heavy atom. The summed E-state index contributed by atoms with van der Waals surface area (Å²) < 4.78 is 21.0. The maximum absolute atomic E-state index is 12.1. The Labute approximate surface area is 129 Å². The molecule has 9 nitrogen and oxygen atoms in total. The summed E-state index contributed by atoms with van der Waals surface area (Å²) in [6, 6.07) is 2.92. The smallest absolute Gasteiger partial charge is 0.339 e. The number of fused-ring (bicyclic) bond motifs is 4. The van der Waals surface area contributed by atoms with Gasteiger partial charge in [0.15, 0.2) is 17.6 Å². The first kappa shape index (κ1) is 14.7. The van der Waals surface area contributed by atoms with Crippen LogP contribution >= 0.6 is 0 Å². The Bertz CT molecular complexity index is 674. The molecule has 3 aliphatic rings. The van der Waals surface area contributed by atoms with Crippen LogP contribution in [-0.2, 0) is 9.47 Å². The Balaban J connectivity index is 1.82. The molecule has 5 atom stereocenters. The summed E-state index contributed by atoms with van der Waals surface area (Å²) >= 11 is 0. The number of esters is 1. The summed E-state index contributed by atoms with van der Waals surface area (Å²) in [5.41, 5.74) is 0.452. The van der Waals surface area contributed by atoms with Crippen molar-refractivity contribution in [2.45, 2.75) is 30.2 Å². The molecule has 0 radical (unpaired) electrons. The number of rotatable bonds is 1. The second-order valence-electron chi connectivity index (χ2n) is 5.64. The predicted octanol–water partition coefficient (Wildman–Crippen LogP) is -1.57. The molecule has 3 unspecified atom stereocenters. The highest BCUT2D eigenvalue weighted by atomic mass is 16.7. The molecule has 23 heavy (non-hydrogen) atoms. The lowest BCUT2D eigenvalue weighted by molar-refractivity contribution is -0.358. The van der Waals surface area contributed by atoms with Crippen LogP contribution in [-0.4, -0.2) is 63.9 Å². The molecule has 0 bridgehead atoms. The van der Waals surface area contributed by atoms with Crippen LogP contribution in [0.3, 0.4) is 0 Å². The highest BCUT2D eigenvalue weighted by Crippen LogP contribution is 2.46. The summed E-state index contributed by atoms with van der Waals surface area (Å²) in [5.74, 6) is -2.34. The predicted molar refractivity (Wildman–Crippen MR) is 69.6 cm³/mol. The molecule has 0 aliphatic carbocycles. The molecule has 1 saturated heterocycles. The van der Waals surface area contributed by atoms with Gasteiger partial charge in [-0.15, -0.1) is 0 Å². The number of ether oxygens (including phenoxy) is 4. The molecule has 3 heterocycles. The van der Waals surface area contributed by atoms with Crippen molar-refractivity contribution < 1.29 is 44.2 Å². The normalized spacial score (nSPS) is 37.8. The minimum Gasteiger partial charge on any atom is -0.454 e. The molecule has 1 aromatic rings. The van der Waals surface area contributed by atoms with E-state index in [0.717, 1.165) is 0 Å². The van der Waals surface area contributed by atoms with E-state index in [4.69, 9.17) is 18.9 Å². The Hall–Kier alpha value is -1.91. The van der Waals surface area contributed by atoms with Crippen LogP contribution in [0.15, 0.2) is 12.1 Å². The van der Waals surface area contributed by atoms with Crippen molar-refractivity contribution in [3.63, 3.8) is 0 Å². The van der Waals surface area contributed by atoms with Gasteiger partial charge in [-0.3, -0.25) is 0 Å². The molecule has 0 aromatic heterocycles. The fourth-order valence-corrected chi connectivity index (χ4v) is 3.04. The van der Waals surface area contributed by atoms with E-state index in [1.807, 2.05) is 0 Å². The molecule has 1 fully saturated rings. The van der Waals surface area contributed by atoms with Gasteiger partial charge in [-0.25, -0.2) is 4.79 Å². The van der Waals surface area contributed by atoms with E-state index in [1.54, 1.807) is 0 Å².